The van der Waals surface area contributed by atoms with E-state index < -0.39 is 23.4 Å². The standard InChI is InChI=1S/C15H19FNO4.Fe/c1-4-21-15(20)13(7-10(2)3)17-9-11(5-6-18)8-12(16)14(17)19;/h6,9-10,13H,4-5,7H2,1-3H3;/q-1;. The molecule has 0 spiro atoms. The van der Waals surface area contributed by atoms with Crippen molar-refractivity contribution in [2.75, 3.05) is 6.61 Å². The third-order valence-corrected chi connectivity index (χ3v) is 2.88. The van der Waals surface area contributed by atoms with Crippen LogP contribution in [0.4, 0.5) is 4.39 Å². The number of nitrogens with zero attached hydrogens (tertiary/aromatic N) is 1. The second-order valence-corrected chi connectivity index (χ2v) is 5.07. The molecule has 1 aromatic rings. The van der Waals surface area contributed by atoms with Gasteiger partial charge in [-0.3, -0.25) is 0 Å². The van der Waals surface area contributed by atoms with Crippen LogP contribution in [0.5, 0.6) is 0 Å². The molecule has 1 unspecified atom stereocenters. The van der Waals surface area contributed by atoms with Crippen LogP contribution in [0.3, 0.4) is 0 Å². The number of esters is 1. The Hall–Kier alpha value is -1.46. The molecule has 0 saturated carbocycles. The SMILES string of the molecule is CCOC(=O)C(CC(C)C)n1cc(CC=O)[c-]c(F)c1=O.[Fe]. The summed E-state index contributed by atoms with van der Waals surface area (Å²) >= 11 is 0. The molecule has 1 aromatic heterocycles. The fraction of sp³-hybridized carbons (Fsp3) is 0.533. The van der Waals surface area contributed by atoms with Crippen LogP contribution in [-0.2, 0) is 37.8 Å². The molecule has 0 radical (unpaired) electrons. The number of carbonyl (C=O) groups is 2. The Bertz CT molecular complexity index is 571. The molecular weight excluding hydrogens is 333 g/mol. The van der Waals surface area contributed by atoms with Crippen molar-refractivity contribution < 1.29 is 35.8 Å². The molecule has 0 aliphatic rings. The molecule has 0 saturated heterocycles. The molecule has 22 heavy (non-hydrogen) atoms. The van der Waals surface area contributed by atoms with Crippen LogP contribution in [0.25, 0.3) is 0 Å². The van der Waals surface area contributed by atoms with E-state index in [9.17, 15) is 18.8 Å². The molecule has 0 aliphatic heterocycles. The first-order valence-electron chi connectivity index (χ1n) is 6.83. The van der Waals surface area contributed by atoms with Crippen molar-refractivity contribution in [3.05, 3.63) is 34.0 Å². The Morgan fingerprint density at radius 3 is 2.64 bits per heavy atom. The van der Waals surface area contributed by atoms with E-state index in [2.05, 4.69) is 6.07 Å². The summed E-state index contributed by atoms with van der Waals surface area (Å²) in [4.78, 5) is 34.5. The van der Waals surface area contributed by atoms with Crippen molar-refractivity contribution >= 4 is 12.3 Å². The molecular formula is C15H19FFeNO4-. The van der Waals surface area contributed by atoms with Crippen molar-refractivity contribution in [1.82, 2.24) is 4.57 Å². The van der Waals surface area contributed by atoms with Gasteiger partial charge in [-0.25, -0.2) is 9.18 Å². The van der Waals surface area contributed by atoms with E-state index in [-0.39, 0.29) is 41.6 Å². The number of rotatable bonds is 7. The maximum Gasteiger partial charge on any atom is 0.327 e. The Kier molecular flexibility index (Phi) is 8.90. The fourth-order valence-corrected chi connectivity index (χ4v) is 2.00. The quantitative estimate of drug-likeness (QED) is 0.324. The van der Waals surface area contributed by atoms with Crippen LogP contribution in [0.2, 0.25) is 0 Å². The fourth-order valence-electron chi connectivity index (χ4n) is 2.00. The molecule has 0 fully saturated rings. The third kappa shape index (κ3) is 5.39. The predicted molar refractivity (Wildman–Crippen MR) is 74.4 cm³/mol. The molecule has 124 valence electrons. The van der Waals surface area contributed by atoms with Gasteiger partial charge >= 0.3 is 5.97 Å². The summed E-state index contributed by atoms with van der Waals surface area (Å²) in [5.74, 6) is -1.59. The van der Waals surface area contributed by atoms with Crippen LogP contribution < -0.4 is 5.56 Å². The van der Waals surface area contributed by atoms with Gasteiger partial charge in [0.2, 0.25) is 0 Å². The van der Waals surface area contributed by atoms with Crippen molar-refractivity contribution in [1.29, 1.82) is 0 Å². The average Bonchev–Trinajstić information content (AvgIpc) is 2.40. The molecule has 0 aliphatic carbocycles. The van der Waals surface area contributed by atoms with Crippen molar-refractivity contribution in [2.45, 2.75) is 39.7 Å². The van der Waals surface area contributed by atoms with Crippen LogP contribution >= 0.6 is 0 Å². The second-order valence-electron chi connectivity index (χ2n) is 5.07. The number of halogens is 1. The number of hydrogen-bond acceptors (Lipinski definition) is 4. The summed E-state index contributed by atoms with van der Waals surface area (Å²) in [6, 6.07) is 1.30. The van der Waals surface area contributed by atoms with Crippen LogP contribution in [0, 0.1) is 17.8 Å². The molecule has 5 nitrogen and oxygen atoms in total. The van der Waals surface area contributed by atoms with Gasteiger partial charge in [0.15, 0.2) is 5.56 Å². The number of aromatic nitrogens is 1. The Labute approximate surface area is 139 Å². The first kappa shape index (κ1) is 20.5. The summed E-state index contributed by atoms with van der Waals surface area (Å²) in [5.41, 5.74) is -0.719. The van der Waals surface area contributed by atoms with E-state index in [0.717, 1.165) is 4.57 Å². The van der Waals surface area contributed by atoms with Crippen molar-refractivity contribution in [3.8, 4) is 0 Å². The van der Waals surface area contributed by atoms with Crippen molar-refractivity contribution in [3.63, 3.8) is 0 Å². The maximum atomic E-state index is 13.7. The summed E-state index contributed by atoms with van der Waals surface area (Å²) < 4.78 is 19.6. The van der Waals surface area contributed by atoms with E-state index in [4.69, 9.17) is 4.74 Å². The van der Waals surface area contributed by atoms with Gasteiger partial charge in [0.25, 0.3) is 0 Å². The number of pyridine rings is 1. The molecule has 0 amide bonds. The summed E-state index contributed by atoms with van der Waals surface area (Å²) in [7, 11) is 0. The third-order valence-electron chi connectivity index (χ3n) is 2.88. The molecule has 1 heterocycles. The van der Waals surface area contributed by atoms with Gasteiger partial charge < -0.3 is 18.9 Å². The van der Waals surface area contributed by atoms with Gasteiger partial charge in [0.1, 0.15) is 12.3 Å². The van der Waals surface area contributed by atoms with Crippen LogP contribution in [0.1, 0.15) is 38.8 Å². The normalized spacial score (nSPS) is 11.7. The van der Waals surface area contributed by atoms with E-state index in [1.54, 1.807) is 6.92 Å². The van der Waals surface area contributed by atoms with Gasteiger partial charge in [0, 0.05) is 23.5 Å². The monoisotopic (exact) mass is 352 g/mol. The van der Waals surface area contributed by atoms with E-state index in [1.165, 1.54) is 6.20 Å². The molecule has 0 aromatic carbocycles. The summed E-state index contributed by atoms with van der Waals surface area (Å²) in [6.07, 6.45) is 2.14. The first-order chi connectivity index (χ1) is 9.90. The van der Waals surface area contributed by atoms with E-state index in [0.29, 0.717) is 12.7 Å². The zero-order chi connectivity index (χ0) is 16.0. The predicted octanol–water partition coefficient (Wildman–Crippen LogP) is 1.68. The average molecular weight is 352 g/mol. The summed E-state index contributed by atoms with van der Waals surface area (Å²) in [6.45, 7) is 5.60. The van der Waals surface area contributed by atoms with Gasteiger partial charge in [0.05, 0.1) is 12.4 Å². The second kappa shape index (κ2) is 9.54. The largest absolute Gasteiger partial charge is 0.464 e. The number of hydrogen-bond donors (Lipinski definition) is 0. The molecule has 0 N–H and O–H groups in total. The number of carbonyl (C=O) groups excluding carboxylic acids is 2. The van der Waals surface area contributed by atoms with Gasteiger partial charge in [-0.1, -0.05) is 20.0 Å². The van der Waals surface area contributed by atoms with Gasteiger partial charge in [-0.05, 0) is 19.3 Å². The smallest absolute Gasteiger partial charge is 0.327 e. The molecule has 7 heteroatoms. The Balaban J connectivity index is 0.00000441. The molecule has 0 bridgehead atoms. The van der Waals surface area contributed by atoms with Gasteiger partial charge in [-0.2, -0.15) is 0 Å². The zero-order valence-electron chi connectivity index (χ0n) is 12.7. The zero-order valence-corrected chi connectivity index (χ0v) is 13.8. The minimum atomic E-state index is -1.10. The van der Waals surface area contributed by atoms with E-state index >= 15 is 0 Å². The maximum absolute atomic E-state index is 13.7. The topological polar surface area (TPSA) is 65.4 Å². The van der Waals surface area contributed by atoms with E-state index in [1.807, 2.05) is 13.8 Å². The Morgan fingerprint density at radius 1 is 1.50 bits per heavy atom. The minimum absolute atomic E-state index is 0. The number of aldehydes is 1. The molecule has 1 atom stereocenters. The van der Waals surface area contributed by atoms with Gasteiger partial charge in [-0.15, -0.1) is 11.6 Å². The molecule has 1 rings (SSSR count). The van der Waals surface area contributed by atoms with Crippen LogP contribution in [0.15, 0.2) is 11.0 Å². The van der Waals surface area contributed by atoms with Crippen LogP contribution in [-0.4, -0.2) is 23.4 Å². The number of ether oxygens (including phenoxy) is 1. The summed E-state index contributed by atoms with van der Waals surface area (Å²) in [5, 5.41) is 0. The van der Waals surface area contributed by atoms with Crippen molar-refractivity contribution in [2.24, 2.45) is 5.92 Å². The Morgan fingerprint density at radius 2 is 2.14 bits per heavy atom. The minimum Gasteiger partial charge on any atom is -0.464 e. The first-order valence-corrected chi connectivity index (χ1v) is 6.83.